The minimum Gasteiger partial charge on any atom is -0.459 e. The third kappa shape index (κ3) is 5.98. The zero-order valence-corrected chi connectivity index (χ0v) is 17.5. The maximum Gasteiger partial charge on any atom is 0.340 e. The highest BCUT2D eigenvalue weighted by atomic mass is 16.5. The molecule has 0 saturated heterocycles. The molecule has 0 saturated carbocycles. The summed E-state index contributed by atoms with van der Waals surface area (Å²) in [4.78, 5) is 24.8. The fourth-order valence-corrected chi connectivity index (χ4v) is 2.68. The monoisotopic (exact) mass is 398 g/mol. The molecule has 0 aromatic heterocycles. The smallest absolute Gasteiger partial charge is 0.340 e. The van der Waals surface area contributed by atoms with Gasteiger partial charge in [-0.2, -0.15) is 0 Å². The van der Waals surface area contributed by atoms with Crippen LogP contribution in [0.1, 0.15) is 72.4 Å². The summed E-state index contributed by atoms with van der Waals surface area (Å²) < 4.78 is 10.8. The average Bonchev–Trinajstić information content (AvgIpc) is 2.70. The Morgan fingerprint density at radius 2 is 1.17 bits per heavy atom. The van der Waals surface area contributed by atoms with Crippen LogP contribution in [0, 0.1) is 0 Å². The number of carbonyl (C=O) groups excluding carboxylic acids is 2. The molecule has 2 rings (SSSR count). The van der Waals surface area contributed by atoms with E-state index in [1.165, 1.54) is 0 Å². The van der Waals surface area contributed by atoms with Gasteiger partial charge >= 0.3 is 11.9 Å². The Kier molecular flexibility index (Phi) is 7.65. The molecule has 0 radical (unpaired) electrons. The van der Waals surface area contributed by atoms with Gasteiger partial charge in [0.05, 0.1) is 23.3 Å². The van der Waals surface area contributed by atoms with Crippen molar-refractivity contribution in [3.8, 4) is 0 Å². The van der Waals surface area contributed by atoms with E-state index in [1.807, 2.05) is 39.8 Å². The fourth-order valence-electron chi connectivity index (χ4n) is 2.68. The van der Waals surface area contributed by atoms with Crippen molar-refractivity contribution in [3.05, 3.63) is 58.7 Å². The minimum absolute atomic E-state index is 0.179. The molecule has 4 N–H and O–H groups in total. The SMILES string of the molecule is CCC(C)OC(=O)c1cc(Cc2ccc(N)c(C(=O)OC(C)CC)c2)ccc1N. The molecule has 2 aromatic carbocycles. The zero-order valence-electron chi connectivity index (χ0n) is 17.5. The minimum atomic E-state index is -0.436. The van der Waals surface area contributed by atoms with E-state index in [0.717, 1.165) is 24.0 Å². The van der Waals surface area contributed by atoms with Gasteiger partial charge < -0.3 is 20.9 Å². The first-order chi connectivity index (χ1) is 13.7. The van der Waals surface area contributed by atoms with Gasteiger partial charge in [0.1, 0.15) is 0 Å². The van der Waals surface area contributed by atoms with E-state index in [1.54, 1.807) is 24.3 Å². The Morgan fingerprint density at radius 1 is 0.793 bits per heavy atom. The van der Waals surface area contributed by atoms with Crippen LogP contribution >= 0.6 is 0 Å². The van der Waals surface area contributed by atoms with E-state index < -0.39 is 11.9 Å². The third-order valence-electron chi connectivity index (χ3n) is 4.85. The van der Waals surface area contributed by atoms with Gasteiger partial charge in [-0.05, 0) is 68.5 Å². The lowest BCUT2D eigenvalue weighted by molar-refractivity contribution is 0.0325. The number of hydrogen-bond acceptors (Lipinski definition) is 6. The Morgan fingerprint density at radius 3 is 1.52 bits per heavy atom. The maximum atomic E-state index is 12.4. The lowest BCUT2D eigenvalue weighted by Gasteiger charge is -2.14. The number of carbonyl (C=O) groups is 2. The normalized spacial score (nSPS) is 12.8. The third-order valence-corrected chi connectivity index (χ3v) is 4.85. The van der Waals surface area contributed by atoms with E-state index >= 15 is 0 Å². The molecule has 0 amide bonds. The first-order valence-electron chi connectivity index (χ1n) is 9.93. The molecule has 2 atom stereocenters. The summed E-state index contributed by atoms with van der Waals surface area (Å²) in [7, 11) is 0. The summed E-state index contributed by atoms with van der Waals surface area (Å²) in [6.07, 6.45) is 1.61. The van der Waals surface area contributed by atoms with Gasteiger partial charge in [-0.25, -0.2) is 9.59 Å². The predicted molar refractivity (Wildman–Crippen MR) is 115 cm³/mol. The Balaban J connectivity index is 2.24. The lowest BCUT2D eigenvalue weighted by atomic mass is 9.99. The molecule has 0 heterocycles. The molecule has 0 bridgehead atoms. The van der Waals surface area contributed by atoms with Crippen molar-refractivity contribution >= 4 is 23.3 Å². The molecule has 0 fully saturated rings. The molecule has 156 valence electrons. The number of ether oxygens (including phenoxy) is 2. The van der Waals surface area contributed by atoms with Crippen LogP contribution in [0.4, 0.5) is 11.4 Å². The zero-order chi connectivity index (χ0) is 21.6. The first kappa shape index (κ1) is 22.3. The second-order valence-electron chi connectivity index (χ2n) is 7.27. The van der Waals surface area contributed by atoms with E-state index in [0.29, 0.717) is 28.9 Å². The number of rotatable bonds is 8. The van der Waals surface area contributed by atoms with Crippen LogP contribution < -0.4 is 11.5 Å². The summed E-state index contributed by atoms with van der Waals surface area (Å²) in [5, 5.41) is 0. The molecular formula is C23H30N2O4. The summed E-state index contributed by atoms with van der Waals surface area (Å²) in [5.41, 5.74) is 15.1. The highest BCUT2D eigenvalue weighted by Gasteiger charge is 2.17. The Bertz CT molecular complexity index is 808. The van der Waals surface area contributed by atoms with E-state index in [4.69, 9.17) is 20.9 Å². The van der Waals surface area contributed by atoms with Gasteiger partial charge in [-0.15, -0.1) is 0 Å². The van der Waals surface area contributed by atoms with Crippen LogP contribution in [0.5, 0.6) is 0 Å². The fraction of sp³-hybridized carbons (Fsp3) is 0.391. The van der Waals surface area contributed by atoms with Crippen molar-refractivity contribution in [1.82, 2.24) is 0 Å². The van der Waals surface area contributed by atoms with E-state index in [2.05, 4.69) is 0 Å². The van der Waals surface area contributed by atoms with Gasteiger partial charge in [-0.1, -0.05) is 26.0 Å². The van der Waals surface area contributed by atoms with Crippen LogP contribution in [-0.2, 0) is 15.9 Å². The van der Waals surface area contributed by atoms with Crippen LogP contribution in [0.3, 0.4) is 0 Å². The molecular weight excluding hydrogens is 368 g/mol. The lowest BCUT2D eigenvalue weighted by Crippen LogP contribution is -2.16. The molecule has 29 heavy (non-hydrogen) atoms. The average molecular weight is 399 g/mol. The van der Waals surface area contributed by atoms with Gasteiger partial charge in [0.25, 0.3) is 0 Å². The molecule has 0 aliphatic carbocycles. The molecule has 2 aromatic rings. The second-order valence-corrected chi connectivity index (χ2v) is 7.27. The number of hydrogen-bond donors (Lipinski definition) is 2. The highest BCUT2D eigenvalue weighted by Crippen LogP contribution is 2.22. The topological polar surface area (TPSA) is 105 Å². The van der Waals surface area contributed by atoms with Crippen molar-refractivity contribution < 1.29 is 19.1 Å². The molecule has 2 unspecified atom stereocenters. The Labute approximate surface area is 172 Å². The van der Waals surface area contributed by atoms with Crippen LogP contribution in [0.15, 0.2) is 36.4 Å². The number of benzene rings is 2. The first-order valence-corrected chi connectivity index (χ1v) is 9.93. The quantitative estimate of drug-likeness (QED) is 0.506. The summed E-state index contributed by atoms with van der Waals surface area (Å²) >= 11 is 0. The van der Waals surface area contributed by atoms with Crippen molar-refractivity contribution in [2.45, 2.75) is 59.2 Å². The van der Waals surface area contributed by atoms with Crippen LogP contribution in [0.2, 0.25) is 0 Å². The molecule has 0 aliphatic heterocycles. The maximum absolute atomic E-state index is 12.4. The van der Waals surface area contributed by atoms with Crippen LogP contribution in [-0.4, -0.2) is 24.1 Å². The summed E-state index contributed by atoms with van der Waals surface area (Å²) in [6.45, 7) is 7.57. The number of anilines is 2. The van der Waals surface area contributed by atoms with Crippen molar-refractivity contribution in [2.75, 3.05) is 11.5 Å². The van der Waals surface area contributed by atoms with Gasteiger partial charge in [0.2, 0.25) is 0 Å². The van der Waals surface area contributed by atoms with Gasteiger partial charge in [0, 0.05) is 11.4 Å². The molecule has 0 spiro atoms. The second kappa shape index (κ2) is 9.96. The molecule has 6 nitrogen and oxygen atoms in total. The van der Waals surface area contributed by atoms with Gasteiger partial charge in [-0.3, -0.25) is 0 Å². The number of nitrogen functional groups attached to an aromatic ring is 2. The van der Waals surface area contributed by atoms with E-state index in [-0.39, 0.29) is 12.2 Å². The largest absolute Gasteiger partial charge is 0.459 e. The molecule has 6 heteroatoms. The predicted octanol–water partition coefficient (Wildman–Crippen LogP) is 4.35. The van der Waals surface area contributed by atoms with Gasteiger partial charge in [0.15, 0.2) is 0 Å². The number of nitrogens with two attached hydrogens (primary N) is 2. The van der Waals surface area contributed by atoms with Crippen molar-refractivity contribution in [2.24, 2.45) is 0 Å². The Hall–Kier alpha value is -3.02. The highest BCUT2D eigenvalue weighted by molar-refractivity contribution is 5.96. The summed E-state index contributed by atoms with van der Waals surface area (Å²) in [5.74, 6) is -0.873. The number of esters is 2. The van der Waals surface area contributed by atoms with Crippen molar-refractivity contribution in [3.63, 3.8) is 0 Å². The van der Waals surface area contributed by atoms with Crippen molar-refractivity contribution in [1.29, 1.82) is 0 Å². The molecule has 0 aliphatic rings. The van der Waals surface area contributed by atoms with E-state index in [9.17, 15) is 9.59 Å². The summed E-state index contributed by atoms with van der Waals surface area (Å²) in [6, 6.07) is 10.5. The standard InChI is InChI=1S/C23H30N2O4/c1-5-14(3)28-22(26)18-12-16(7-9-20(18)24)11-17-8-10-21(25)19(13-17)23(27)29-15(4)6-2/h7-10,12-15H,5-6,11,24-25H2,1-4H3. The van der Waals surface area contributed by atoms with Crippen LogP contribution in [0.25, 0.3) is 0 Å².